The van der Waals surface area contributed by atoms with E-state index in [1.54, 1.807) is 22.8 Å². The van der Waals surface area contributed by atoms with Crippen LogP contribution in [0.15, 0.2) is 60.8 Å². The molecule has 4 rings (SSSR count). The van der Waals surface area contributed by atoms with Crippen molar-refractivity contribution in [3.8, 4) is 17.2 Å². The highest BCUT2D eigenvalue weighted by Gasteiger charge is 2.25. The van der Waals surface area contributed by atoms with Gasteiger partial charge in [0.25, 0.3) is 0 Å². The molecule has 4 aromatic rings. The molecule has 0 bridgehead atoms. The van der Waals surface area contributed by atoms with Gasteiger partial charge in [-0.15, -0.1) is 0 Å². The minimum absolute atomic E-state index is 0.512. The maximum Gasteiger partial charge on any atom is 0.322 e. The van der Waals surface area contributed by atoms with Crippen LogP contribution in [0.3, 0.4) is 0 Å². The molecule has 0 saturated carbocycles. The van der Waals surface area contributed by atoms with Crippen LogP contribution in [0.5, 0.6) is 0 Å². The second kappa shape index (κ2) is 9.25. The lowest BCUT2D eigenvalue weighted by Gasteiger charge is -2.18. The SMILES string of the molecule is CCCc1nc2ccnn2c(C(S)C(=O)O)c1Cc1ccc(-c2ccccc2C#N)cc1. The molecular formula is C25H22N4O2S. The molecule has 1 unspecified atom stereocenters. The number of hydrogen-bond acceptors (Lipinski definition) is 5. The monoisotopic (exact) mass is 442 g/mol. The number of hydrogen-bond donors (Lipinski definition) is 2. The second-order valence-corrected chi connectivity index (χ2v) is 8.06. The van der Waals surface area contributed by atoms with Gasteiger partial charge in [0.1, 0.15) is 5.25 Å². The van der Waals surface area contributed by atoms with Crippen molar-refractivity contribution in [3.05, 3.63) is 88.9 Å². The zero-order valence-electron chi connectivity index (χ0n) is 17.6. The highest BCUT2D eigenvalue weighted by molar-refractivity contribution is 7.81. The Labute approximate surface area is 191 Å². The number of thiol groups is 1. The minimum atomic E-state index is -1.02. The molecule has 32 heavy (non-hydrogen) atoms. The van der Waals surface area contributed by atoms with Crippen molar-refractivity contribution in [2.45, 2.75) is 31.4 Å². The van der Waals surface area contributed by atoms with Crippen molar-refractivity contribution in [3.63, 3.8) is 0 Å². The first kappa shape index (κ1) is 21.6. The summed E-state index contributed by atoms with van der Waals surface area (Å²) in [5, 5.41) is 22.4. The summed E-state index contributed by atoms with van der Waals surface area (Å²) in [5.41, 5.74) is 6.36. The Morgan fingerprint density at radius 3 is 2.62 bits per heavy atom. The van der Waals surface area contributed by atoms with Gasteiger partial charge in [-0.25, -0.2) is 9.50 Å². The summed E-state index contributed by atoms with van der Waals surface area (Å²) < 4.78 is 1.58. The van der Waals surface area contributed by atoms with Crippen molar-refractivity contribution in [2.24, 2.45) is 0 Å². The van der Waals surface area contributed by atoms with Gasteiger partial charge in [0.2, 0.25) is 0 Å². The Morgan fingerprint density at radius 2 is 1.94 bits per heavy atom. The standard InChI is InChI=1S/C25H22N4O2S/c1-2-5-21-20(23(24(32)25(30)31)29-22(28-21)12-13-27-29)14-16-8-10-17(11-9-16)19-7-4-3-6-18(19)15-26/h3-4,6-13,24,32H,2,5,14H2,1H3,(H,30,31). The maximum absolute atomic E-state index is 11.8. The molecule has 0 saturated heterocycles. The third-order valence-corrected chi connectivity index (χ3v) is 5.90. The molecule has 0 fully saturated rings. The molecule has 0 amide bonds. The summed E-state index contributed by atoms with van der Waals surface area (Å²) in [6, 6.07) is 19.5. The lowest BCUT2D eigenvalue weighted by Crippen LogP contribution is -2.17. The molecule has 1 atom stereocenters. The van der Waals surface area contributed by atoms with Crippen LogP contribution in [0.1, 0.15) is 46.7 Å². The van der Waals surface area contributed by atoms with Crippen LogP contribution < -0.4 is 0 Å². The Kier molecular flexibility index (Phi) is 6.24. The van der Waals surface area contributed by atoms with E-state index in [2.05, 4.69) is 30.7 Å². The molecular weight excluding hydrogens is 420 g/mol. The van der Waals surface area contributed by atoms with E-state index in [0.717, 1.165) is 40.8 Å². The number of carboxylic acid groups (broad SMARTS) is 1. The first-order valence-electron chi connectivity index (χ1n) is 10.4. The van der Waals surface area contributed by atoms with Crippen LogP contribution >= 0.6 is 12.6 Å². The highest BCUT2D eigenvalue weighted by atomic mass is 32.1. The van der Waals surface area contributed by atoms with E-state index in [1.165, 1.54) is 0 Å². The van der Waals surface area contributed by atoms with Gasteiger partial charge in [-0.1, -0.05) is 55.8 Å². The lowest BCUT2D eigenvalue weighted by atomic mass is 9.95. The summed E-state index contributed by atoms with van der Waals surface area (Å²) in [4.78, 5) is 16.6. The summed E-state index contributed by atoms with van der Waals surface area (Å²) in [6.07, 6.45) is 3.75. The lowest BCUT2D eigenvalue weighted by molar-refractivity contribution is -0.136. The van der Waals surface area contributed by atoms with E-state index in [-0.39, 0.29) is 0 Å². The van der Waals surface area contributed by atoms with Gasteiger partial charge < -0.3 is 5.11 Å². The minimum Gasteiger partial charge on any atom is -0.480 e. The zero-order chi connectivity index (χ0) is 22.7. The molecule has 0 radical (unpaired) electrons. The van der Waals surface area contributed by atoms with Gasteiger partial charge in [-0.2, -0.15) is 23.0 Å². The van der Waals surface area contributed by atoms with Gasteiger partial charge in [0.15, 0.2) is 5.65 Å². The van der Waals surface area contributed by atoms with E-state index < -0.39 is 11.2 Å². The number of aliphatic carboxylic acids is 1. The number of aromatic nitrogens is 3. The number of aryl methyl sites for hydroxylation is 1. The van der Waals surface area contributed by atoms with Crippen LogP contribution in [0.4, 0.5) is 0 Å². The molecule has 0 spiro atoms. The average Bonchev–Trinajstić information content (AvgIpc) is 3.27. The van der Waals surface area contributed by atoms with Crippen molar-refractivity contribution >= 4 is 24.2 Å². The quantitative estimate of drug-likeness (QED) is 0.399. The molecule has 1 N–H and O–H groups in total. The molecule has 2 aromatic heterocycles. The number of benzene rings is 2. The van der Waals surface area contributed by atoms with Crippen molar-refractivity contribution in [1.82, 2.24) is 14.6 Å². The fourth-order valence-electron chi connectivity index (χ4n) is 3.92. The third kappa shape index (κ3) is 4.10. The predicted molar refractivity (Wildman–Crippen MR) is 126 cm³/mol. The molecule has 160 valence electrons. The Morgan fingerprint density at radius 1 is 1.19 bits per heavy atom. The smallest absolute Gasteiger partial charge is 0.322 e. The second-order valence-electron chi connectivity index (χ2n) is 7.55. The van der Waals surface area contributed by atoms with Crippen LogP contribution in [0.25, 0.3) is 16.8 Å². The first-order valence-corrected chi connectivity index (χ1v) is 10.9. The van der Waals surface area contributed by atoms with Crippen molar-refractivity contribution in [1.29, 1.82) is 5.26 Å². The number of rotatable bonds is 7. The molecule has 7 heteroatoms. The van der Waals surface area contributed by atoms with E-state index in [4.69, 9.17) is 4.98 Å². The van der Waals surface area contributed by atoms with Crippen LogP contribution in [-0.2, 0) is 17.6 Å². The number of nitriles is 1. The Balaban J connectivity index is 1.78. The van der Waals surface area contributed by atoms with Crippen LogP contribution in [-0.4, -0.2) is 25.7 Å². The Hall–Kier alpha value is -3.63. The fraction of sp³-hybridized carbons (Fsp3) is 0.200. The van der Waals surface area contributed by atoms with Gasteiger partial charge in [-0.3, -0.25) is 4.79 Å². The van der Waals surface area contributed by atoms with Crippen LogP contribution in [0, 0.1) is 11.3 Å². The van der Waals surface area contributed by atoms with Crippen molar-refractivity contribution < 1.29 is 9.90 Å². The summed E-state index contributed by atoms with van der Waals surface area (Å²) in [6.45, 7) is 2.07. The van der Waals surface area contributed by atoms with Crippen molar-refractivity contribution in [2.75, 3.05) is 0 Å². The van der Waals surface area contributed by atoms with Gasteiger partial charge in [-0.05, 0) is 29.2 Å². The molecule has 0 aliphatic heterocycles. The van der Waals surface area contributed by atoms with E-state index in [0.29, 0.717) is 23.3 Å². The summed E-state index contributed by atoms with van der Waals surface area (Å²) >= 11 is 4.38. The fourth-order valence-corrected chi connectivity index (χ4v) is 4.19. The Bertz CT molecular complexity index is 1320. The number of carbonyl (C=O) groups is 1. The van der Waals surface area contributed by atoms with E-state index in [9.17, 15) is 15.2 Å². The topological polar surface area (TPSA) is 91.3 Å². The maximum atomic E-state index is 11.8. The number of fused-ring (bicyclic) bond motifs is 1. The predicted octanol–water partition coefficient (Wildman–Crippen LogP) is 4.87. The van der Waals surface area contributed by atoms with Gasteiger partial charge in [0.05, 0.1) is 23.5 Å². The van der Waals surface area contributed by atoms with Gasteiger partial charge >= 0.3 is 5.97 Å². The number of carboxylic acids is 1. The largest absolute Gasteiger partial charge is 0.480 e. The van der Waals surface area contributed by atoms with E-state index >= 15 is 0 Å². The molecule has 2 aromatic carbocycles. The number of nitrogens with zero attached hydrogens (tertiary/aromatic N) is 4. The van der Waals surface area contributed by atoms with Crippen LogP contribution in [0.2, 0.25) is 0 Å². The summed E-state index contributed by atoms with van der Waals surface area (Å²) in [5.74, 6) is -1.02. The first-order chi connectivity index (χ1) is 15.5. The van der Waals surface area contributed by atoms with Gasteiger partial charge in [0, 0.05) is 23.7 Å². The van der Waals surface area contributed by atoms with E-state index in [1.807, 2.05) is 42.5 Å². The molecule has 0 aliphatic rings. The summed E-state index contributed by atoms with van der Waals surface area (Å²) in [7, 11) is 0. The molecule has 0 aliphatic carbocycles. The third-order valence-electron chi connectivity index (χ3n) is 5.43. The molecule has 2 heterocycles. The highest BCUT2D eigenvalue weighted by Crippen LogP contribution is 2.30. The molecule has 6 nitrogen and oxygen atoms in total. The zero-order valence-corrected chi connectivity index (χ0v) is 18.5. The average molecular weight is 443 g/mol. The normalized spacial score (nSPS) is 11.9.